The van der Waals surface area contributed by atoms with Gasteiger partial charge in [0.05, 0.1) is 7.11 Å². The van der Waals surface area contributed by atoms with Gasteiger partial charge in [-0.15, -0.1) is 0 Å². The smallest absolute Gasteiger partial charge is 0.269 e. The second-order valence-electron chi connectivity index (χ2n) is 4.70. The maximum atomic E-state index is 6.25. The topological polar surface area (TPSA) is 48.2 Å². The summed E-state index contributed by atoms with van der Waals surface area (Å²) >= 11 is 12.2. The quantitative estimate of drug-likeness (QED) is 0.656. The Kier molecular flexibility index (Phi) is 4.65. The molecular weight excluding hydrogens is 335 g/mol. The summed E-state index contributed by atoms with van der Waals surface area (Å²) in [4.78, 5) is 4.29. The minimum Gasteiger partial charge on any atom is -0.497 e. The third-order valence-electron chi connectivity index (χ3n) is 3.12. The van der Waals surface area contributed by atoms with Crippen molar-refractivity contribution in [3.05, 3.63) is 65.0 Å². The fourth-order valence-electron chi connectivity index (χ4n) is 1.97. The van der Waals surface area contributed by atoms with Gasteiger partial charge in [0.1, 0.15) is 10.8 Å². The van der Waals surface area contributed by atoms with Crippen LogP contribution in [-0.2, 0) is 0 Å². The van der Waals surface area contributed by atoms with E-state index in [1.807, 2.05) is 36.4 Å². The van der Waals surface area contributed by atoms with Crippen molar-refractivity contribution in [3.63, 3.8) is 0 Å². The van der Waals surface area contributed by atoms with Crippen LogP contribution in [0.25, 0.3) is 22.5 Å². The molecule has 0 N–H and O–H groups in total. The lowest BCUT2D eigenvalue weighted by Gasteiger charge is -1.99. The Balaban J connectivity index is 1.85. The van der Waals surface area contributed by atoms with Gasteiger partial charge in [0.15, 0.2) is 0 Å². The van der Waals surface area contributed by atoms with Crippen LogP contribution in [0.4, 0.5) is 0 Å². The summed E-state index contributed by atoms with van der Waals surface area (Å²) in [5.41, 5.74) is 1.67. The maximum absolute atomic E-state index is 6.25. The van der Waals surface area contributed by atoms with Gasteiger partial charge in [0, 0.05) is 10.6 Å². The Morgan fingerprint density at radius 3 is 2.65 bits per heavy atom. The second kappa shape index (κ2) is 6.86. The fraction of sp³-hybridized carbons (Fsp3) is 0.0588. The molecule has 6 heteroatoms. The SMILES string of the molecule is COc1ccc(/C=C(\Cl)c2nc(-c3cccc(Cl)c3)no2)cc1. The predicted molar refractivity (Wildman–Crippen MR) is 91.5 cm³/mol. The summed E-state index contributed by atoms with van der Waals surface area (Å²) in [6.07, 6.45) is 1.75. The van der Waals surface area contributed by atoms with Gasteiger partial charge in [-0.05, 0) is 35.9 Å². The summed E-state index contributed by atoms with van der Waals surface area (Å²) in [5.74, 6) is 1.46. The van der Waals surface area contributed by atoms with Crippen molar-refractivity contribution in [2.24, 2.45) is 0 Å². The van der Waals surface area contributed by atoms with E-state index < -0.39 is 0 Å². The molecule has 116 valence electrons. The molecule has 4 nitrogen and oxygen atoms in total. The van der Waals surface area contributed by atoms with E-state index in [1.54, 1.807) is 25.3 Å². The average molecular weight is 347 g/mol. The number of ether oxygens (including phenoxy) is 1. The van der Waals surface area contributed by atoms with Gasteiger partial charge in [0.2, 0.25) is 5.82 Å². The van der Waals surface area contributed by atoms with E-state index in [-0.39, 0.29) is 5.89 Å². The summed E-state index contributed by atoms with van der Waals surface area (Å²) < 4.78 is 10.3. The van der Waals surface area contributed by atoms with Gasteiger partial charge in [0.25, 0.3) is 5.89 Å². The Morgan fingerprint density at radius 1 is 1.17 bits per heavy atom. The van der Waals surface area contributed by atoms with Gasteiger partial charge >= 0.3 is 0 Å². The van der Waals surface area contributed by atoms with E-state index in [4.69, 9.17) is 32.5 Å². The zero-order valence-electron chi connectivity index (χ0n) is 12.2. The van der Waals surface area contributed by atoms with Crippen molar-refractivity contribution in [1.82, 2.24) is 10.1 Å². The van der Waals surface area contributed by atoms with E-state index in [2.05, 4.69) is 10.1 Å². The molecule has 0 aliphatic heterocycles. The van der Waals surface area contributed by atoms with E-state index in [1.165, 1.54) is 0 Å². The van der Waals surface area contributed by atoms with Gasteiger partial charge in [-0.3, -0.25) is 0 Å². The Hall–Kier alpha value is -2.30. The zero-order chi connectivity index (χ0) is 16.2. The molecular formula is C17H12Cl2N2O2. The molecule has 2 aromatic carbocycles. The first-order valence-electron chi connectivity index (χ1n) is 6.77. The zero-order valence-corrected chi connectivity index (χ0v) is 13.7. The fourth-order valence-corrected chi connectivity index (χ4v) is 2.37. The first-order chi connectivity index (χ1) is 11.2. The highest BCUT2D eigenvalue weighted by molar-refractivity contribution is 6.50. The number of benzene rings is 2. The number of hydrogen-bond acceptors (Lipinski definition) is 4. The first-order valence-corrected chi connectivity index (χ1v) is 7.52. The molecule has 0 bridgehead atoms. The van der Waals surface area contributed by atoms with Crippen LogP contribution in [0, 0.1) is 0 Å². The molecule has 3 rings (SSSR count). The van der Waals surface area contributed by atoms with Crippen molar-refractivity contribution in [1.29, 1.82) is 0 Å². The highest BCUT2D eigenvalue weighted by atomic mass is 35.5. The molecule has 0 fully saturated rings. The van der Waals surface area contributed by atoms with E-state index >= 15 is 0 Å². The lowest BCUT2D eigenvalue weighted by molar-refractivity contribution is 0.410. The van der Waals surface area contributed by atoms with E-state index in [0.29, 0.717) is 15.9 Å². The van der Waals surface area contributed by atoms with Gasteiger partial charge in [-0.25, -0.2) is 0 Å². The molecule has 0 radical (unpaired) electrons. The van der Waals surface area contributed by atoms with E-state index in [9.17, 15) is 0 Å². The Labute approximate surface area is 143 Å². The average Bonchev–Trinajstić information content (AvgIpc) is 3.06. The summed E-state index contributed by atoms with van der Waals surface area (Å²) in [7, 11) is 1.62. The van der Waals surface area contributed by atoms with Crippen LogP contribution in [0.15, 0.2) is 53.1 Å². The number of halogens is 2. The van der Waals surface area contributed by atoms with Crippen LogP contribution in [0.3, 0.4) is 0 Å². The van der Waals surface area contributed by atoms with Gasteiger partial charge < -0.3 is 9.26 Å². The van der Waals surface area contributed by atoms with Gasteiger partial charge in [-0.1, -0.05) is 52.6 Å². The molecule has 0 aliphatic rings. The molecule has 0 saturated carbocycles. The Morgan fingerprint density at radius 2 is 1.96 bits per heavy atom. The number of methoxy groups -OCH3 is 1. The molecule has 23 heavy (non-hydrogen) atoms. The van der Waals surface area contributed by atoms with Crippen LogP contribution in [0.1, 0.15) is 11.5 Å². The van der Waals surface area contributed by atoms with Crippen LogP contribution in [0.2, 0.25) is 5.02 Å². The standard InChI is InChI=1S/C17H12Cl2N2O2/c1-22-14-7-5-11(6-8-14)9-15(19)17-20-16(21-23-17)12-3-2-4-13(18)10-12/h2-10H,1H3/b15-9-. The number of aromatic nitrogens is 2. The molecule has 0 unspecified atom stereocenters. The summed E-state index contributed by atoms with van der Waals surface area (Å²) in [5, 5.41) is 4.89. The van der Waals surface area contributed by atoms with Crippen molar-refractivity contribution < 1.29 is 9.26 Å². The van der Waals surface area contributed by atoms with Crippen LogP contribution >= 0.6 is 23.2 Å². The largest absolute Gasteiger partial charge is 0.497 e. The maximum Gasteiger partial charge on any atom is 0.269 e. The first kappa shape index (κ1) is 15.6. The minimum atomic E-state index is 0.248. The molecule has 0 amide bonds. The lowest BCUT2D eigenvalue weighted by Crippen LogP contribution is -1.83. The van der Waals surface area contributed by atoms with Crippen molar-refractivity contribution >= 4 is 34.3 Å². The third-order valence-corrected chi connectivity index (χ3v) is 3.63. The molecule has 0 spiro atoms. The van der Waals surface area contributed by atoms with Crippen molar-refractivity contribution in [2.75, 3.05) is 7.11 Å². The van der Waals surface area contributed by atoms with Gasteiger partial charge in [-0.2, -0.15) is 4.98 Å². The van der Waals surface area contributed by atoms with Crippen LogP contribution < -0.4 is 4.74 Å². The number of rotatable bonds is 4. The molecule has 3 aromatic rings. The number of hydrogen-bond donors (Lipinski definition) is 0. The molecule has 1 aromatic heterocycles. The highest BCUT2D eigenvalue weighted by Gasteiger charge is 2.11. The lowest BCUT2D eigenvalue weighted by atomic mass is 10.2. The second-order valence-corrected chi connectivity index (χ2v) is 5.54. The minimum absolute atomic E-state index is 0.248. The third kappa shape index (κ3) is 3.73. The number of nitrogens with zero attached hydrogens (tertiary/aromatic N) is 2. The summed E-state index contributed by atoms with van der Waals surface area (Å²) in [6.45, 7) is 0. The van der Waals surface area contributed by atoms with Crippen molar-refractivity contribution in [3.8, 4) is 17.1 Å². The van der Waals surface area contributed by atoms with Crippen LogP contribution in [-0.4, -0.2) is 17.3 Å². The van der Waals surface area contributed by atoms with Crippen molar-refractivity contribution in [2.45, 2.75) is 0 Å². The molecule has 0 atom stereocenters. The Bertz CT molecular complexity index is 842. The highest BCUT2D eigenvalue weighted by Crippen LogP contribution is 2.25. The molecule has 0 saturated heterocycles. The summed E-state index contributed by atoms with van der Waals surface area (Å²) in [6, 6.07) is 14.7. The molecule has 1 heterocycles. The normalized spacial score (nSPS) is 11.5. The van der Waals surface area contributed by atoms with Crippen LogP contribution in [0.5, 0.6) is 5.75 Å². The monoisotopic (exact) mass is 346 g/mol. The predicted octanol–water partition coefficient (Wildman–Crippen LogP) is 5.14. The van der Waals surface area contributed by atoms with E-state index in [0.717, 1.165) is 16.9 Å². The molecule has 0 aliphatic carbocycles.